The summed E-state index contributed by atoms with van der Waals surface area (Å²) >= 11 is 1.45. The quantitative estimate of drug-likeness (QED) is 0.185. The van der Waals surface area contributed by atoms with Crippen molar-refractivity contribution >= 4 is 28.8 Å². The number of anilines is 1. The Morgan fingerprint density at radius 1 is 1.07 bits per heavy atom. The van der Waals surface area contributed by atoms with Gasteiger partial charge in [-0.25, -0.2) is 9.67 Å². The summed E-state index contributed by atoms with van der Waals surface area (Å²) in [5.41, 5.74) is 4.20. The molecule has 218 valence electrons. The van der Waals surface area contributed by atoms with Gasteiger partial charge < -0.3 is 9.84 Å². The summed E-state index contributed by atoms with van der Waals surface area (Å²) < 4.78 is 42.6. The van der Waals surface area contributed by atoms with Crippen LogP contribution in [0.3, 0.4) is 0 Å². The van der Waals surface area contributed by atoms with Crippen molar-refractivity contribution in [2.24, 2.45) is 10.2 Å². The highest BCUT2D eigenvalue weighted by molar-refractivity contribution is 8.14. The van der Waals surface area contributed by atoms with Gasteiger partial charge in [-0.15, -0.1) is 23.4 Å². The van der Waals surface area contributed by atoms with Crippen LogP contribution in [0.5, 0.6) is 5.75 Å². The van der Waals surface area contributed by atoms with Gasteiger partial charge in [-0.2, -0.15) is 5.10 Å². The Morgan fingerprint density at radius 3 is 2.45 bits per heavy atom. The van der Waals surface area contributed by atoms with Gasteiger partial charge in [0.05, 0.1) is 11.9 Å². The van der Waals surface area contributed by atoms with E-state index in [0.29, 0.717) is 22.4 Å². The molecular formula is C30H29F3N6O2S. The highest BCUT2D eigenvalue weighted by atomic mass is 32.2. The molecule has 4 aromatic rings. The average Bonchev–Trinajstić information content (AvgIpc) is 3.53. The van der Waals surface area contributed by atoms with Gasteiger partial charge in [0.2, 0.25) is 0 Å². The molecule has 0 saturated carbocycles. The van der Waals surface area contributed by atoms with Crippen LogP contribution < -0.4 is 9.64 Å². The topological polar surface area (TPSA) is 88.1 Å². The molecular weight excluding hydrogens is 565 g/mol. The van der Waals surface area contributed by atoms with Crippen molar-refractivity contribution in [1.82, 2.24) is 14.8 Å². The van der Waals surface area contributed by atoms with Gasteiger partial charge in [0.15, 0.2) is 16.7 Å². The minimum atomic E-state index is -4.75. The number of thioether (sulfide) groups is 1. The Kier molecular flexibility index (Phi) is 8.11. The van der Waals surface area contributed by atoms with E-state index < -0.39 is 12.1 Å². The second-order valence-corrected chi connectivity index (χ2v) is 11.3. The van der Waals surface area contributed by atoms with Crippen LogP contribution in [0.4, 0.5) is 18.9 Å². The first-order valence-electron chi connectivity index (χ1n) is 13.1. The van der Waals surface area contributed by atoms with Crippen LogP contribution in [0.1, 0.15) is 43.4 Å². The van der Waals surface area contributed by atoms with Gasteiger partial charge in [0.1, 0.15) is 12.1 Å². The van der Waals surface area contributed by atoms with Crippen molar-refractivity contribution in [2.75, 3.05) is 10.7 Å². The number of benzene rings is 3. The second-order valence-electron chi connectivity index (χ2n) is 10.4. The third-order valence-electron chi connectivity index (χ3n) is 6.54. The lowest BCUT2D eigenvalue weighted by Crippen LogP contribution is -2.45. The van der Waals surface area contributed by atoms with Gasteiger partial charge in [-0.1, -0.05) is 67.6 Å². The number of ether oxygens (including phenoxy) is 1. The Hall–Kier alpha value is -4.16. The lowest BCUT2D eigenvalue weighted by atomic mass is 9.97. The van der Waals surface area contributed by atoms with E-state index in [4.69, 9.17) is 0 Å². The number of hydrogen-bond acceptors (Lipinski definition) is 7. The maximum absolute atomic E-state index is 12.4. The molecule has 1 fully saturated rings. The molecule has 0 amide bonds. The zero-order chi connectivity index (χ0) is 30.1. The van der Waals surface area contributed by atoms with Gasteiger partial charge in [-0.3, -0.25) is 4.90 Å². The third-order valence-corrected chi connectivity index (χ3v) is 7.75. The molecule has 0 spiro atoms. The number of nitrogens with zero attached hydrogens (tertiary/aromatic N) is 6. The van der Waals surface area contributed by atoms with Crippen molar-refractivity contribution in [3.8, 4) is 22.8 Å². The minimum Gasteiger partial charge on any atom is -0.406 e. The molecule has 2 heterocycles. The molecule has 1 aliphatic rings. The molecule has 5 rings (SSSR count). The van der Waals surface area contributed by atoms with E-state index in [2.05, 4.69) is 51.9 Å². The third kappa shape index (κ3) is 6.66. The van der Waals surface area contributed by atoms with E-state index in [1.165, 1.54) is 47.0 Å². The number of hydrogen-bond donors (Lipinski definition) is 1. The smallest absolute Gasteiger partial charge is 0.406 e. The van der Waals surface area contributed by atoms with Crippen LogP contribution in [-0.4, -0.2) is 49.1 Å². The summed E-state index contributed by atoms with van der Waals surface area (Å²) in [6.45, 7) is 8.09. The molecule has 0 radical (unpaired) electrons. The van der Waals surface area contributed by atoms with Crippen molar-refractivity contribution in [1.29, 1.82) is 0 Å². The highest BCUT2D eigenvalue weighted by Crippen LogP contribution is 2.40. The number of amidine groups is 1. The Morgan fingerprint density at radius 2 is 1.79 bits per heavy atom. The van der Waals surface area contributed by atoms with E-state index in [1.54, 1.807) is 13.1 Å². The van der Waals surface area contributed by atoms with Crippen LogP contribution >= 0.6 is 11.8 Å². The first-order valence-corrected chi connectivity index (χ1v) is 14.1. The van der Waals surface area contributed by atoms with E-state index in [9.17, 15) is 18.3 Å². The minimum absolute atomic E-state index is 0.267. The van der Waals surface area contributed by atoms with Crippen molar-refractivity contribution in [3.05, 3.63) is 89.7 Å². The molecule has 42 heavy (non-hydrogen) atoms. The summed E-state index contributed by atoms with van der Waals surface area (Å²) in [5, 5.41) is 25.0. The fraction of sp³-hybridized carbons (Fsp3) is 0.267. The molecule has 1 atom stereocenters. The van der Waals surface area contributed by atoms with E-state index in [-0.39, 0.29) is 11.7 Å². The van der Waals surface area contributed by atoms with Crippen LogP contribution in [-0.2, 0) is 0 Å². The Balaban J connectivity index is 1.30. The fourth-order valence-electron chi connectivity index (χ4n) is 4.50. The monoisotopic (exact) mass is 594 g/mol. The summed E-state index contributed by atoms with van der Waals surface area (Å²) in [4.78, 5) is 6.17. The van der Waals surface area contributed by atoms with E-state index >= 15 is 0 Å². The SMILES string of the molecule is Cc1ccc(N2/C(=N/N=C/c3ccc(-c4ncn(-c5ccc(OC(F)(F)F)cc5)n4)cc3)SCC2(C)O)c(C(C)C)c1. The lowest BCUT2D eigenvalue weighted by molar-refractivity contribution is -0.274. The van der Waals surface area contributed by atoms with Crippen LogP contribution in [0.25, 0.3) is 17.1 Å². The highest BCUT2D eigenvalue weighted by Gasteiger charge is 2.41. The second kappa shape index (κ2) is 11.6. The van der Waals surface area contributed by atoms with Gasteiger partial charge in [-0.05, 0) is 61.2 Å². The maximum Gasteiger partial charge on any atom is 0.573 e. The summed E-state index contributed by atoms with van der Waals surface area (Å²) in [5.74, 6) is 0.874. The largest absolute Gasteiger partial charge is 0.573 e. The number of aromatic nitrogens is 3. The van der Waals surface area contributed by atoms with Gasteiger partial charge in [0, 0.05) is 17.0 Å². The molecule has 1 unspecified atom stereocenters. The summed E-state index contributed by atoms with van der Waals surface area (Å²) in [6.07, 6.45) is -1.63. The molecule has 3 aromatic carbocycles. The molecule has 8 nitrogen and oxygen atoms in total. The molecule has 12 heteroatoms. The Labute approximate surface area is 245 Å². The van der Waals surface area contributed by atoms with Gasteiger partial charge >= 0.3 is 6.36 Å². The number of aliphatic hydroxyl groups is 1. The number of alkyl halides is 3. The zero-order valence-corrected chi connectivity index (χ0v) is 24.2. The lowest BCUT2D eigenvalue weighted by Gasteiger charge is -2.33. The Bertz CT molecular complexity index is 1610. The average molecular weight is 595 g/mol. The van der Waals surface area contributed by atoms with Crippen molar-refractivity contribution in [3.63, 3.8) is 0 Å². The molecule has 0 bridgehead atoms. The normalized spacial score (nSPS) is 18.5. The summed E-state index contributed by atoms with van der Waals surface area (Å²) in [6, 6.07) is 19.0. The molecule has 1 N–H and O–H groups in total. The predicted molar refractivity (Wildman–Crippen MR) is 159 cm³/mol. The van der Waals surface area contributed by atoms with Crippen molar-refractivity contribution < 1.29 is 23.0 Å². The molecule has 1 saturated heterocycles. The van der Waals surface area contributed by atoms with E-state index in [1.807, 2.05) is 41.3 Å². The summed E-state index contributed by atoms with van der Waals surface area (Å²) in [7, 11) is 0. The van der Waals surface area contributed by atoms with Crippen LogP contribution in [0.2, 0.25) is 0 Å². The number of rotatable bonds is 7. The number of aryl methyl sites for hydroxylation is 1. The first kappa shape index (κ1) is 29.3. The number of halogens is 3. The van der Waals surface area contributed by atoms with Crippen LogP contribution in [0, 0.1) is 6.92 Å². The standard InChI is InChI=1S/C30H29F3N6O2S/c1-19(2)25-15-20(3)5-14-26(25)39-28(42-17-29(39,4)40)36-35-16-21-6-8-22(9-7-21)27-34-18-38(37-27)23-10-12-24(13-11-23)41-30(31,32)33/h5-16,18-19,40H,17H2,1-4H3/b35-16+,36-28-. The maximum atomic E-state index is 12.4. The first-order chi connectivity index (χ1) is 19.9. The molecule has 0 aliphatic carbocycles. The van der Waals surface area contributed by atoms with Crippen LogP contribution in [0.15, 0.2) is 83.3 Å². The zero-order valence-electron chi connectivity index (χ0n) is 23.4. The fourth-order valence-corrected chi connectivity index (χ4v) is 5.56. The molecule has 1 aliphatic heterocycles. The van der Waals surface area contributed by atoms with Gasteiger partial charge in [0.25, 0.3) is 0 Å². The predicted octanol–water partition coefficient (Wildman–Crippen LogP) is 6.92. The van der Waals surface area contributed by atoms with E-state index in [0.717, 1.165) is 27.9 Å². The van der Waals surface area contributed by atoms with Crippen molar-refractivity contribution in [2.45, 2.75) is 45.7 Å². The molecule has 1 aromatic heterocycles.